The van der Waals surface area contributed by atoms with Crippen LogP contribution in [-0.4, -0.2) is 50.1 Å². The minimum atomic E-state index is -0.443. The number of aromatic nitrogens is 5. The Hall–Kier alpha value is -3.63. The number of nitrogen functional groups attached to an aromatic ring is 1. The van der Waals surface area contributed by atoms with Crippen molar-refractivity contribution in [2.75, 3.05) is 24.8 Å². The summed E-state index contributed by atoms with van der Waals surface area (Å²) in [4.78, 5) is 17.6. The highest BCUT2D eigenvalue weighted by Gasteiger charge is 2.25. The van der Waals surface area contributed by atoms with E-state index in [4.69, 9.17) is 26.8 Å². The zero-order valence-electron chi connectivity index (χ0n) is 18.6. The van der Waals surface area contributed by atoms with Crippen LogP contribution in [0.15, 0.2) is 42.9 Å². The smallest absolute Gasteiger partial charge is 0.263 e. The second-order valence-electron chi connectivity index (χ2n) is 8.02. The van der Waals surface area contributed by atoms with Crippen LogP contribution in [0.4, 0.5) is 11.5 Å². The Bertz CT molecular complexity index is 1340. The van der Waals surface area contributed by atoms with Crippen molar-refractivity contribution in [1.29, 1.82) is 0 Å². The maximum absolute atomic E-state index is 13.3. The average Bonchev–Trinajstić information content (AvgIpc) is 3.39. The third kappa shape index (κ3) is 4.17. The molecule has 1 aliphatic rings. The number of ether oxygens (including phenoxy) is 2. The van der Waals surface area contributed by atoms with Crippen LogP contribution in [0.3, 0.4) is 0 Å². The number of methoxy groups -OCH3 is 1. The van der Waals surface area contributed by atoms with Gasteiger partial charge in [-0.1, -0.05) is 11.6 Å². The summed E-state index contributed by atoms with van der Waals surface area (Å²) in [6.07, 6.45) is 8.00. The molecule has 0 radical (unpaired) electrons. The van der Waals surface area contributed by atoms with Crippen LogP contribution in [-0.2, 0) is 11.3 Å². The van der Waals surface area contributed by atoms with Crippen molar-refractivity contribution in [3.8, 4) is 17.0 Å². The maximum Gasteiger partial charge on any atom is 0.263 e. The molecule has 1 atom stereocenters. The average molecular weight is 482 g/mol. The summed E-state index contributed by atoms with van der Waals surface area (Å²) in [6.45, 7) is 1.26. The molecular formula is C23H24ClN7O3. The summed E-state index contributed by atoms with van der Waals surface area (Å²) in [6, 6.07) is 7.03. The normalized spacial score (nSPS) is 16.0. The van der Waals surface area contributed by atoms with E-state index in [1.165, 1.54) is 4.52 Å². The Labute approximate surface area is 200 Å². The number of carbonyl (C=O) groups is 1. The summed E-state index contributed by atoms with van der Waals surface area (Å²) >= 11 is 6.33. The number of carbonyl (C=O) groups excluding carboxylic acids is 1. The number of halogens is 1. The molecule has 1 fully saturated rings. The highest BCUT2D eigenvalue weighted by atomic mass is 35.5. The molecule has 3 aromatic heterocycles. The Kier molecular flexibility index (Phi) is 6.08. The number of nitrogens with one attached hydrogen (secondary N) is 1. The molecule has 1 aliphatic heterocycles. The van der Waals surface area contributed by atoms with Gasteiger partial charge in [-0.25, -0.2) is 9.50 Å². The minimum absolute atomic E-state index is 0.0283. The molecule has 176 valence electrons. The molecule has 1 aromatic carbocycles. The van der Waals surface area contributed by atoms with Gasteiger partial charge in [0, 0.05) is 29.6 Å². The molecule has 4 heterocycles. The number of anilines is 2. The zero-order chi connectivity index (χ0) is 23.7. The lowest BCUT2D eigenvalue weighted by Crippen LogP contribution is -2.25. The van der Waals surface area contributed by atoms with E-state index in [-0.39, 0.29) is 17.5 Å². The van der Waals surface area contributed by atoms with Crippen LogP contribution in [0, 0.1) is 0 Å². The fraction of sp³-hybridized carbons (Fsp3) is 0.304. The van der Waals surface area contributed by atoms with Gasteiger partial charge in [-0.2, -0.15) is 5.10 Å². The van der Waals surface area contributed by atoms with Crippen molar-refractivity contribution in [3.05, 3.63) is 53.4 Å². The summed E-state index contributed by atoms with van der Waals surface area (Å²) < 4.78 is 14.8. The number of nitrogens with two attached hydrogens (primary N) is 1. The van der Waals surface area contributed by atoms with Gasteiger partial charge in [0.15, 0.2) is 11.5 Å². The first-order valence-corrected chi connectivity index (χ1v) is 11.3. The number of hydrogen-bond acceptors (Lipinski definition) is 7. The van der Waals surface area contributed by atoms with E-state index in [2.05, 4.69) is 20.5 Å². The SMILES string of the molecule is COc1ccc(Cl)cc1-c1c(NC(=O)c2c(N)nn3cccnc23)cnn1CC1CCCCO1. The first-order valence-electron chi connectivity index (χ1n) is 11.0. The molecule has 0 saturated carbocycles. The predicted molar refractivity (Wildman–Crippen MR) is 128 cm³/mol. The standard InChI is InChI=1S/C23H24ClN7O3/c1-33-18-7-6-14(24)11-16(18)20-17(12-27-31(20)13-15-5-2-3-10-34-15)28-23(32)19-21(25)29-30-9-4-8-26-22(19)30/h4,6-9,11-12,15H,2-3,5,10,13H2,1H3,(H2,25,29)(H,28,32). The van der Waals surface area contributed by atoms with Crippen molar-refractivity contribution >= 4 is 34.7 Å². The van der Waals surface area contributed by atoms with E-state index in [1.54, 1.807) is 50.0 Å². The highest BCUT2D eigenvalue weighted by Crippen LogP contribution is 2.38. The van der Waals surface area contributed by atoms with E-state index in [0.717, 1.165) is 25.9 Å². The van der Waals surface area contributed by atoms with E-state index in [1.807, 2.05) is 4.68 Å². The number of amides is 1. The first-order chi connectivity index (χ1) is 16.5. The monoisotopic (exact) mass is 481 g/mol. The van der Waals surface area contributed by atoms with Crippen LogP contribution in [0.2, 0.25) is 5.02 Å². The van der Waals surface area contributed by atoms with E-state index < -0.39 is 5.91 Å². The van der Waals surface area contributed by atoms with Crippen LogP contribution in [0.25, 0.3) is 16.9 Å². The predicted octanol–water partition coefficient (Wildman–Crippen LogP) is 3.66. The van der Waals surface area contributed by atoms with Gasteiger partial charge in [-0.3, -0.25) is 9.48 Å². The second kappa shape index (κ2) is 9.32. The topological polar surface area (TPSA) is 122 Å². The molecule has 5 rings (SSSR count). The van der Waals surface area contributed by atoms with E-state index in [0.29, 0.717) is 39.9 Å². The van der Waals surface area contributed by atoms with Gasteiger partial charge in [-0.05, 0) is 43.5 Å². The van der Waals surface area contributed by atoms with Crippen molar-refractivity contribution in [2.24, 2.45) is 0 Å². The summed E-state index contributed by atoms with van der Waals surface area (Å²) in [5.74, 6) is 0.242. The number of hydrogen-bond donors (Lipinski definition) is 2. The summed E-state index contributed by atoms with van der Waals surface area (Å²) in [5.41, 5.74) is 8.43. The largest absolute Gasteiger partial charge is 0.496 e. The van der Waals surface area contributed by atoms with Crippen molar-refractivity contribution < 1.29 is 14.3 Å². The number of rotatable bonds is 6. The Balaban J connectivity index is 1.56. The third-order valence-corrected chi connectivity index (χ3v) is 6.04. The molecule has 3 N–H and O–H groups in total. The Morgan fingerprint density at radius 1 is 1.38 bits per heavy atom. The van der Waals surface area contributed by atoms with Gasteiger partial charge in [0.2, 0.25) is 0 Å². The van der Waals surface area contributed by atoms with Crippen LogP contribution < -0.4 is 15.8 Å². The van der Waals surface area contributed by atoms with Gasteiger partial charge in [-0.15, -0.1) is 5.10 Å². The molecule has 34 heavy (non-hydrogen) atoms. The molecule has 11 heteroatoms. The zero-order valence-corrected chi connectivity index (χ0v) is 19.3. The van der Waals surface area contributed by atoms with Crippen LogP contribution in [0.1, 0.15) is 29.6 Å². The number of nitrogens with zero attached hydrogens (tertiary/aromatic N) is 5. The minimum Gasteiger partial charge on any atom is -0.496 e. The van der Waals surface area contributed by atoms with E-state index in [9.17, 15) is 4.79 Å². The first kappa shape index (κ1) is 22.2. The summed E-state index contributed by atoms with van der Waals surface area (Å²) in [5, 5.41) is 12.2. The fourth-order valence-electron chi connectivity index (χ4n) is 4.22. The van der Waals surface area contributed by atoms with Crippen LogP contribution >= 0.6 is 11.6 Å². The molecule has 4 aromatic rings. The molecule has 1 unspecified atom stereocenters. The van der Waals surface area contributed by atoms with Crippen LogP contribution in [0.5, 0.6) is 5.75 Å². The maximum atomic E-state index is 13.3. The summed E-state index contributed by atoms with van der Waals surface area (Å²) in [7, 11) is 1.58. The van der Waals surface area contributed by atoms with Gasteiger partial charge < -0.3 is 20.5 Å². The highest BCUT2D eigenvalue weighted by molar-refractivity contribution is 6.31. The van der Waals surface area contributed by atoms with Gasteiger partial charge >= 0.3 is 0 Å². The third-order valence-electron chi connectivity index (χ3n) is 5.80. The molecular weight excluding hydrogens is 458 g/mol. The molecule has 1 amide bonds. The molecule has 0 bridgehead atoms. The quantitative estimate of drug-likeness (QED) is 0.431. The van der Waals surface area contributed by atoms with Gasteiger partial charge in [0.25, 0.3) is 5.91 Å². The van der Waals surface area contributed by atoms with E-state index >= 15 is 0 Å². The fourth-order valence-corrected chi connectivity index (χ4v) is 4.39. The van der Waals surface area contributed by atoms with Crippen molar-refractivity contribution in [3.63, 3.8) is 0 Å². The van der Waals surface area contributed by atoms with Crippen molar-refractivity contribution in [2.45, 2.75) is 31.9 Å². The number of benzene rings is 1. The van der Waals surface area contributed by atoms with Gasteiger partial charge in [0.05, 0.1) is 37.3 Å². The molecule has 0 aliphatic carbocycles. The molecule has 1 saturated heterocycles. The Morgan fingerprint density at radius 3 is 3.06 bits per heavy atom. The van der Waals surface area contributed by atoms with Crippen molar-refractivity contribution in [1.82, 2.24) is 24.4 Å². The lowest BCUT2D eigenvalue weighted by atomic mass is 10.1. The number of fused-ring (bicyclic) bond motifs is 1. The van der Waals surface area contributed by atoms with Gasteiger partial charge in [0.1, 0.15) is 11.3 Å². The lowest BCUT2D eigenvalue weighted by molar-refractivity contribution is 0.00429. The Morgan fingerprint density at radius 2 is 2.26 bits per heavy atom. The molecule has 0 spiro atoms. The second-order valence-corrected chi connectivity index (χ2v) is 8.46. The lowest BCUT2D eigenvalue weighted by Gasteiger charge is -2.23. The molecule has 10 nitrogen and oxygen atoms in total.